The van der Waals surface area contributed by atoms with Gasteiger partial charge in [-0.25, -0.2) is 0 Å². The molecule has 37 heavy (non-hydrogen) atoms. The maximum absolute atomic E-state index is 9.21. The van der Waals surface area contributed by atoms with Crippen LogP contribution in [0.1, 0.15) is 55.4 Å². The Bertz CT molecular complexity index is 353. The van der Waals surface area contributed by atoms with Crippen LogP contribution in [0.3, 0.4) is 0 Å². The summed E-state index contributed by atoms with van der Waals surface area (Å²) in [5.74, 6) is 0. The van der Waals surface area contributed by atoms with E-state index in [1.165, 1.54) is 0 Å². The molecule has 0 amide bonds. The van der Waals surface area contributed by atoms with Crippen molar-refractivity contribution in [1.29, 1.82) is 0 Å². The molecule has 0 radical (unpaired) electrons. The van der Waals surface area contributed by atoms with Gasteiger partial charge in [0.25, 0.3) is 0 Å². The first kappa shape index (κ1) is 47.9. The third kappa shape index (κ3) is 41.7. The molecule has 0 spiro atoms. The first-order valence-electron chi connectivity index (χ1n) is 12.5. The Labute approximate surface area is 245 Å². The molecule has 12 nitrogen and oxygen atoms in total. The van der Waals surface area contributed by atoms with E-state index in [2.05, 4.69) is 0 Å². The van der Waals surface area contributed by atoms with E-state index in [-0.39, 0.29) is 21.7 Å². The van der Waals surface area contributed by atoms with Gasteiger partial charge in [0.05, 0.1) is 0 Å². The van der Waals surface area contributed by atoms with Gasteiger partial charge in [0.2, 0.25) is 0 Å². The summed E-state index contributed by atoms with van der Waals surface area (Å²) in [5, 5.41) is 0. The SMILES string of the molecule is CCO[Si](C)(O)OCC.CCO[Si](C)(O)OCC.CCO[Si](C)(O)OCC.CCO[Si](C)(O)OCC.[Ti]. The number of rotatable bonds is 16. The molecule has 0 saturated heterocycles. The average molecular weight is 649 g/mol. The van der Waals surface area contributed by atoms with Gasteiger partial charge < -0.3 is 54.6 Å². The summed E-state index contributed by atoms with van der Waals surface area (Å²) in [6.07, 6.45) is 0. The van der Waals surface area contributed by atoms with Crippen molar-refractivity contribution < 1.29 is 76.3 Å². The molecule has 0 rings (SSSR count). The van der Waals surface area contributed by atoms with Gasteiger partial charge in [0, 0.05) is 101 Å². The van der Waals surface area contributed by atoms with Crippen molar-refractivity contribution in [3.05, 3.63) is 0 Å². The van der Waals surface area contributed by atoms with Crippen LogP contribution in [0.5, 0.6) is 0 Å². The molecule has 0 aromatic rings. The third-order valence-corrected chi connectivity index (χ3v) is 9.89. The molecule has 228 valence electrons. The average Bonchev–Trinajstić information content (AvgIpc) is 2.69. The Morgan fingerprint density at radius 3 is 0.459 bits per heavy atom. The Balaban J connectivity index is -0.000000122. The van der Waals surface area contributed by atoms with Crippen LogP contribution in [0, 0.1) is 0 Å². The second-order valence-corrected chi connectivity index (χ2v) is 16.5. The van der Waals surface area contributed by atoms with Gasteiger partial charge in [-0.05, 0) is 55.4 Å². The van der Waals surface area contributed by atoms with Crippen LogP contribution < -0.4 is 0 Å². The molecule has 0 saturated carbocycles. The second kappa shape index (κ2) is 28.6. The molecule has 0 aliphatic heterocycles. The second-order valence-electron chi connectivity index (χ2n) is 7.06. The summed E-state index contributed by atoms with van der Waals surface area (Å²) in [4.78, 5) is 36.8. The Hall–Kier alpha value is 1.10. The van der Waals surface area contributed by atoms with Gasteiger partial charge in [-0.15, -0.1) is 0 Å². The first-order valence-corrected chi connectivity index (χ1v) is 21.5. The molecule has 0 unspecified atom stereocenters. The van der Waals surface area contributed by atoms with Crippen molar-refractivity contribution in [1.82, 2.24) is 0 Å². The molecule has 0 bridgehead atoms. The molecule has 0 aliphatic carbocycles. The van der Waals surface area contributed by atoms with Crippen LogP contribution in [0.2, 0.25) is 26.2 Å². The van der Waals surface area contributed by atoms with Crippen LogP contribution in [0.4, 0.5) is 0 Å². The van der Waals surface area contributed by atoms with Gasteiger partial charge in [-0.3, -0.25) is 0 Å². The van der Waals surface area contributed by atoms with E-state index >= 15 is 0 Å². The van der Waals surface area contributed by atoms with Crippen molar-refractivity contribution in [2.75, 3.05) is 52.9 Å². The first-order chi connectivity index (χ1) is 16.5. The molecular formula is C20H56O12Si4Ti. The van der Waals surface area contributed by atoms with Gasteiger partial charge >= 0.3 is 35.2 Å². The molecule has 0 atom stereocenters. The molecule has 4 N–H and O–H groups in total. The van der Waals surface area contributed by atoms with Crippen molar-refractivity contribution in [2.45, 2.75) is 81.6 Å². The number of hydrogen-bond donors (Lipinski definition) is 4. The maximum atomic E-state index is 9.21. The van der Waals surface area contributed by atoms with Crippen molar-refractivity contribution in [3.8, 4) is 0 Å². The molecule has 0 aromatic carbocycles. The fourth-order valence-corrected chi connectivity index (χ4v) is 6.93. The molecule has 0 aromatic heterocycles. The van der Waals surface area contributed by atoms with E-state index in [1.54, 1.807) is 26.2 Å². The Morgan fingerprint density at radius 2 is 0.405 bits per heavy atom. The van der Waals surface area contributed by atoms with Crippen LogP contribution in [0.25, 0.3) is 0 Å². The zero-order valence-corrected chi connectivity index (χ0v) is 30.8. The predicted molar refractivity (Wildman–Crippen MR) is 148 cm³/mol. The van der Waals surface area contributed by atoms with Crippen LogP contribution in [-0.2, 0) is 57.1 Å². The third-order valence-electron chi connectivity index (χ3n) is 3.30. The summed E-state index contributed by atoms with van der Waals surface area (Å²) in [7, 11) is -10.8. The van der Waals surface area contributed by atoms with Crippen LogP contribution in [-0.4, -0.2) is 107 Å². The normalized spacial score (nSPS) is 11.7. The molecule has 0 heterocycles. The van der Waals surface area contributed by atoms with Crippen LogP contribution >= 0.6 is 0 Å². The van der Waals surface area contributed by atoms with E-state index in [0.717, 1.165) is 0 Å². The van der Waals surface area contributed by atoms with Gasteiger partial charge in [-0.2, -0.15) is 0 Å². The Morgan fingerprint density at radius 1 is 0.324 bits per heavy atom. The van der Waals surface area contributed by atoms with Gasteiger partial charge in [0.1, 0.15) is 0 Å². The quantitative estimate of drug-likeness (QED) is 0.182. The summed E-state index contributed by atoms with van der Waals surface area (Å²) in [6.45, 7) is 25.2. The standard InChI is InChI=1S/4C5H14O3Si.Ti/c4*1-4-7-9(3,6)8-5-2;/h4*6H,4-5H2,1-3H3;. The summed E-state index contributed by atoms with van der Waals surface area (Å²) in [6, 6.07) is 0. The van der Waals surface area contributed by atoms with Gasteiger partial charge in [-0.1, -0.05) is 0 Å². The zero-order valence-electron chi connectivity index (χ0n) is 25.2. The fraction of sp³-hybridized carbons (Fsp3) is 1.00. The van der Waals surface area contributed by atoms with Gasteiger partial charge in [0.15, 0.2) is 0 Å². The smallest absolute Gasteiger partial charge is 0.390 e. The maximum Gasteiger partial charge on any atom is 0.494 e. The van der Waals surface area contributed by atoms with E-state index in [9.17, 15) is 19.2 Å². The fourth-order valence-electron chi connectivity index (χ4n) is 2.31. The van der Waals surface area contributed by atoms with Crippen molar-refractivity contribution in [2.24, 2.45) is 0 Å². The minimum Gasteiger partial charge on any atom is -0.390 e. The summed E-state index contributed by atoms with van der Waals surface area (Å²) >= 11 is 0. The minimum atomic E-state index is -2.70. The van der Waals surface area contributed by atoms with E-state index < -0.39 is 35.2 Å². The minimum absolute atomic E-state index is 0. The number of hydrogen-bond acceptors (Lipinski definition) is 12. The monoisotopic (exact) mass is 648 g/mol. The van der Waals surface area contributed by atoms with Crippen LogP contribution in [0.15, 0.2) is 0 Å². The van der Waals surface area contributed by atoms with Crippen molar-refractivity contribution in [3.63, 3.8) is 0 Å². The zero-order chi connectivity index (χ0) is 29.3. The summed E-state index contributed by atoms with van der Waals surface area (Å²) in [5.41, 5.74) is 0. The molecule has 0 fully saturated rings. The largest absolute Gasteiger partial charge is 0.494 e. The Kier molecular flexibility index (Phi) is 37.0. The molecular weight excluding hydrogens is 592 g/mol. The molecule has 17 heteroatoms. The van der Waals surface area contributed by atoms with Crippen molar-refractivity contribution >= 4 is 35.2 Å². The molecule has 0 aliphatic rings. The predicted octanol–water partition coefficient (Wildman–Crippen LogP) is 2.48. The van der Waals surface area contributed by atoms with E-state index in [4.69, 9.17) is 35.4 Å². The topological polar surface area (TPSA) is 155 Å². The van der Waals surface area contributed by atoms with E-state index in [1.807, 2.05) is 55.4 Å². The van der Waals surface area contributed by atoms with E-state index in [0.29, 0.717) is 52.9 Å². The summed E-state index contributed by atoms with van der Waals surface area (Å²) < 4.78 is 39.5.